The highest BCUT2D eigenvalue weighted by atomic mass is 16.1. The molecule has 18 heavy (non-hydrogen) atoms. The molecular formula is C14H27N3O. The third-order valence-corrected chi connectivity index (χ3v) is 4.10. The molecule has 0 saturated heterocycles. The van der Waals surface area contributed by atoms with Crippen molar-refractivity contribution in [1.82, 2.24) is 15.5 Å². The van der Waals surface area contributed by atoms with Crippen LogP contribution in [0, 0.1) is 0 Å². The summed E-state index contributed by atoms with van der Waals surface area (Å²) in [6.07, 6.45) is 7.77. The van der Waals surface area contributed by atoms with E-state index in [1.54, 1.807) is 0 Å². The average Bonchev–Trinajstić information content (AvgIpc) is 3.08. The van der Waals surface area contributed by atoms with Crippen molar-refractivity contribution in [2.45, 2.75) is 57.5 Å². The summed E-state index contributed by atoms with van der Waals surface area (Å²) in [7, 11) is 0. The third-order valence-electron chi connectivity index (χ3n) is 4.10. The summed E-state index contributed by atoms with van der Waals surface area (Å²) in [6, 6.07) is 1.37. The molecule has 0 aromatic rings. The molecule has 104 valence electrons. The largest absolute Gasteiger partial charge is 0.354 e. The van der Waals surface area contributed by atoms with Gasteiger partial charge in [-0.1, -0.05) is 19.8 Å². The van der Waals surface area contributed by atoms with Crippen molar-refractivity contribution in [3.05, 3.63) is 0 Å². The molecular weight excluding hydrogens is 226 g/mol. The van der Waals surface area contributed by atoms with Crippen molar-refractivity contribution in [1.29, 1.82) is 0 Å². The molecule has 2 N–H and O–H groups in total. The molecule has 4 nitrogen and oxygen atoms in total. The lowest BCUT2D eigenvalue weighted by Crippen LogP contribution is -2.41. The minimum absolute atomic E-state index is 0.147. The summed E-state index contributed by atoms with van der Waals surface area (Å²) in [5.41, 5.74) is 0. The van der Waals surface area contributed by atoms with Crippen LogP contribution >= 0.6 is 0 Å². The zero-order chi connectivity index (χ0) is 12.8. The van der Waals surface area contributed by atoms with Crippen LogP contribution in [0.15, 0.2) is 0 Å². The van der Waals surface area contributed by atoms with Crippen molar-refractivity contribution >= 4 is 5.91 Å². The minimum Gasteiger partial charge on any atom is -0.354 e. The van der Waals surface area contributed by atoms with Gasteiger partial charge in [-0.05, 0) is 32.2 Å². The second-order valence-electron chi connectivity index (χ2n) is 5.57. The number of rotatable bonds is 8. The Morgan fingerprint density at radius 1 is 1.22 bits per heavy atom. The highest BCUT2D eigenvalue weighted by Crippen LogP contribution is 2.25. The molecule has 0 bridgehead atoms. The highest BCUT2D eigenvalue weighted by molar-refractivity contribution is 5.77. The van der Waals surface area contributed by atoms with E-state index >= 15 is 0 Å². The van der Waals surface area contributed by atoms with E-state index < -0.39 is 0 Å². The Morgan fingerprint density at radius 3 is 2.56 bits per heavy atom. The fourth-order valence-electron chi connectivity index (χ4n) is 2.81. The Kier molecular flexibility index (Phi) is 5.45. The Balaban J connectivity index is 1.51. The second-order valence-corrected chi connectivity index (χ2v) is 5.57. The molecule has 0 heterocycles. The van der Waals surface area contributed by atoms with E-state index in [9.17, 15) is 4.79 Å². The lowest BCUT2D eigenvalue weighted by Gasteiger charge is -2.20. The van der Waals surface area contributed by atoms with E-state index in [-0.39, 0.29) is 5.91 Å². The predicted molar refractivity (Wildman–Crippen MR) is 73.5 cm³/mol. The number of likely N-dealkylation sites (N-methyl/N-ethyl adjacent to an activating group) is 1. The maximum Gasteiger partial charge on any atom is 0.234 e. The predicted octanol–water partition coefficient (Wildman–Crippen LogP) is 1.12. The van der Waals surface area contributed by atoms with Crippen LogP contribution in [0.1, 0.15) is 45.4 Å². The monoisotopic (exact) mass is 253 g/mol. The molecule has 2 fully saturated rings. The molecule has 0 spiro atoms. The molecule has 0 aliphatic heterocycles. The summed E-state index contributed by atoms with van der Waals surface area (Å²) in [4.78, 5) is 14.1. The van der Waals surface area contributed by atoms with E-state index in [4.69, 9.17) is 0 Å². The van der Waals surface area contributed by atoms with Crippen molar-refractivity contribution in [3.8, 4) is 0 Å². The molecule has 0 aromatic carbocycles. The van der Waals surface area contributed by atoms with Gasteiger partial charge in [-0.15, -0.1) is 0 Å². The van der Waals surface area contributed by atoms with Gasteiger partial charge in [0, 0.05) is 25.2 Å². The van der Waals surface area contributed by atoms with Crippen LogP contribution in [-0.4, -0.2) is 49.1 Å². The first-order chi connectivity index (χ1) is 8.79. The van der Waals surface area contributed by atoms with Gasteiger partial charge in [-0.3, -0.25) is 9.69 Å². The van der Waals surface area contributed by atoms with E-state index in [0.29, 0.717) is 12.6 Å². The number of carbonyl (C=O) groups is 1. The Labute approximate surface area is 110 Å². The summed E-state index contributed by atoms with van der Waals surface area (Å²) in [5, 5.41) is 6.35. The van der Waals surface area contributed by atoms with Crippen molar-refractivity contribution in [2.24, 2.45) is 0 Å². The van der Waals surface area contributed by atoms with Crippen molar-refractivity contribution in [3.63, 3.8) is 0 Å². The van der Waals surface area contributed by atoms with E-state index in [1.807, 2.05) is 0 Å². The van der Waals surface area contributed by atoms with Crippen LogP contribution in [0.3, 0.4) is 0 Å². The molecule has 4 heteroatoms. The molecule has 0 aromatic heterocycles. The van der Waals surface area contributed by atoms with Crippen LogP contribution < -0.4 is 10.6 Å². The van der Waals surface area contributed by atoms with Gasteiger partial charge in [-0.2, -0.15) is 0 Å². The van der Waals surface area contributed by atoms with Crippen LogP contribution in [0.25, 0.3) is 0 Å². The number of amides is 1. The van der Waals surface area contributed by atoms with Crippen LogP contribution in [-0.2, 0) is 4.79 Å². The second kappa shape index (κ2) is 7.10. The molecule has 2 aliphatic carbocycles. The standard InChI is InChI=1S/C14H27N3O/c1-2-17(13-7-8-13)10-9-15-14(18)11-16-12-5-3-4-6-12/h12-13,16H,2-11H2,1H3,(H,15,18). The smallest absolute Gasteiger partial charge is 0.234 e. The molecule has 0 unspecified atom stereocenters. The number of hydrogen-bond donors (Lipinski definition) is 2. The third kappa shape index (κ3) is 4.58. The normalized spacial score (nSPS) is 20.6. The quantitative estimate of drug-likeness (QED) is 0.681. The van der Waals surface area contributed by atoms with Gasteiger partial charge in [0.2, 0.25) is 5.91 Å². The molecule has 2 aliphatic rings. The topological polar surface area (TPSA) is 44.4 Å². The summed E-state index contributed by atoms with van der Waals surface area (Å²) in [5.74, 6) is 0.147. The maximum atomic E-state index is 11.7. The first kappa shape index (κ1) is 13.8. The van der Waals surface area contributed by atoms with E-state index in [0.717, 1.165) is 25.7 Å². The summed E-state index contributed by atoms with van der Waals surface area (Å²) in [6.45, 7) is 5.56. The van der Waals surface area contributed by atoms with Gasteiger partial charge in [0.05, 0.1) is 6.54 Å². The number of carbonyl (C=O) groups excluding carboxylic acids is 1. The van der Waals surface area contributed by atoms with E-state index in [1.165, 1.54) is 38.5 Å². The van der Waals surface area contributed by atoms with Crippen LogP contribution in [0.2, 0.25) is 0 Å². The number of nitrogens with zero attached hydrogens (tertiary/aromatic N) is 1. The van der Waals surface area contributed by atoms with Crippen molar-refractivity contribution in [2.75, 3.05) is 26.2 Å². The highest BCUT2D eigenvalue weighted by Gasteiger charge is 2.27. The van der Waals surface area contributed by atoms with Crippen molar-refractivity contribution < 1.29 is 4.79 Å². The molecule has 0 atom stereocenters. The summed E-state index contributed by atoms with van der Waals surface area (Å²) >= 11 is 0. The van der Waals surface area contributed by atoms with Gasteiger partial charge >= 0.3 is 0 Å². The fourth-order valence-corrected chi connectivity index (χ4v) is 2.81. The first-order valence-corrected chi connectivity index (χ1v) is 7.53. The fraction of sp³-hybridized carbons (Fsp3) is 0.929. The first-order valence-electron chi connectivity index (χ1n) is 7.53. The lowest BCUT2D eigenvalue weighted by atomic mass is 10.2. The Hall–Kier alpha value is -0.610. The van der Waals surface area contributed by atoms with Gasteiger partial charge in [0.25, 0.3) is 0 Å². The van der Waals surface area contributed by atoms with E-state index in [2.05, 4.69) is 22.5 Å². The Morgan fingerprint density at radius 2 is 1.94 bits per heavy atom. The minimum atomic E-state index is 0.147. The maximum absolute atomic E-state index is 11.7. The number of nitrogens with one attached hydrogen (secondary N) is 2. The number of hydrogen-bond acceptors (Lipinski definition) is 3. The molecule has 1 amide bonds. The molecule has 0 radical (unpaired) electrons. The van der Waals surface area contributed by atoms with Gasteiger partial charge in [0.15, 0.2) is 0 Å². The van der Waals surface area contributed by atoms with Gasteiger partial charge < -0.3 is 10.6 Å². The summed E-state index contributed by atoms with van der Waals surface area (Å²) < 4.78 is 0. The van der Waals surface area contributed by atoms with Gasteiger partial charge in [0.1, 0.15) is 0 Å². The molecule has 2 rings (SSSR count). The van der Waals surface area contributed by atoms with Crippen LogP contribution in [0.4, 0.5) is 0 Å². The SMILES string of the molecule is CCN(CCNC(=O)CNC1CCCC1)C1CC1. The van der Waals surface area contributed by atoms with Gasteiger partial charge in [-0.25, -0.2) is 0 Å². The molecule has 2 saturated carbocycles. The average molecular weight is 253 g/mol. The zero-order valence-electron chi connectivity index (χ0n) is 11.6. The van der Waals surface area contributed by atoms with Crippen LogP contribution in [0.5, 0.6) is 0 Å². The zero-order valence-corrected chi connectivity index (χ0v) is 11.6. The lowest BCUT2D eigenvalue weighted by molar-refractivity contribution is -0.120. The Bertz CT molecular complexity index is 260.